The highest BCUT2D eigenvalue weighted by Gasteiger charge is 2.29. The second kappa shape index (κ2) is 3.02. The number of rotatable bonds is 1. The Kier molecular flexibility index (Phi) is 2.11. The van der Waals surface area contributed by atoms with Crippen molar-refractivity contribution in [3.05, 3.63) is 34.9 Å². The summed E-state index contributed by atoms with van der Waals surface area (Å²) in [4.78, 5) is 0. The van der Waals surface area contributed by atoms with Gasteiger partial charge >= 0.3 is 0 Å². The predicted molar refractivity (Wildman–Crippen MR) is 57.3 cm³/mol. The van der Waals surface area contributed by atoms with Crippen LogP contribution in [-0.4, -0.2) is 0 Å². The van der Waals surface area contributed by atoms with E-state index in [4.69, 9.17) is 11.6 Å². The Morgan fingerprint density at radius 1 is 1.38 bits per heavy atom. The molecule has 0 aliphatic heterocycles. The van der Waals surface area contributed by atoms with Gasteiger partial charge in [0.15, 0.2) is 0 Å². The Bertz CT molecular complexity index is 326. The Labute approximate surface area is 84.9 Å². The van der Waals surface area contributed by atoms with Crippen LogP contribution in [0.3, 0.4) is 0 Å². The molecule has 0 amide bonds. The molecule has 70 valence electrons. The average Bonchev–Trinajstić information content (AvgIpc) is 2.42. The van der Waals surface area contributed by atoms with Crippen LogP contribution in [0.2, 0.25) is 0 Å². The van der Waals surface area contributed by atoms with Gasteiger partial charge in [-0.15, -0.1) is 11.6 Å². The lowest BCUT2D eigenvalue weighted by Gasteiger charge is -2.19. The highest BCUT2D eigenvalue weighted by molar-refractivity contribution is 6.17. The van der Waals surface area contributed by atoms with Gasteiger partial charge in [0, 0.05) is 5.88 Å². The maximum Gasteiger partial charge on any atom is 0.0474 e. The average molecular weight is 195 g/mol. The summed E-state index contributed by atoms with van der Waals surface area (Å²) < 4.78 is 0. The van der Waals surface area contributed by atoms with Gasteiger partial charge in [0.1, 0.15) is 0 Å². The van der Waals surface area contributed by atoms with Crippen molar-refractivity contribution in [1.29, 1.82) is 0 Å². The third kappa shape index (κ3) is 1.48. The number of benzene rings is 1. The number of halogens is 1. The summed E-state index contributed by atoms with van der Waals surface area (Å²) in [5.41, 5.74) is 4.62. The van der Waals surface area contributed by atoms with E-state index in [0.717, 1.165) is 0 Å². The molecule has 1 heteroatoms. The third-order valence-electron chi connectivity index (χ3n) is 3.08. The molecule has 2 rings (SSSR count). The van der Waals surface area contributed by atoms with Crippen molar-refractivity contribution >= 4 is 11.6 Å². The van der Waals surface area contributed by atoms with Crippen molar-refractivity contribution in [3.63, 3.8) is 0 Å². The summed E-state index contributed by atoms with van der Waals surface area (Å²) in [5.74, 6) is 0.628. The molecule has 0 saturated carbocycles. The molecule has 0 bridgehead atoms. The van der Waals surface area contributed by atoms with Gasteiger partial charge in [0.25, 0.3) is 0 Å². The van der Waals surface area contributed by atoms with E-state index in [-0.39, 0.29) is 0 Å². The lowest BCUT2D eigenvalue weighted by atomic mass is 9.86. The fraction of sp³-hybridized carbons (Fsp3) is 0.500. The molecule has 0 saturated heterocycles. The molecular weight excluding hydrogens is 180 g/mol. The molecule has 1 aliphatic rings. The van der Waals surface area contributed by atoms with Gasteiger partial charge in [-0.05, 0) is 34.9 Å². The molecule has 1 aromatic carbocycles. The summed E-state index contributed by atoms with van der Waals surface area (Å²) in [6.07, 6.45) is 2.50. The second-order valence-corrected chi connectivity index (χ2v) is 4.78. The number of fused-ring (bicyclic) bond motifs is 1. The zero-order chi connectivity index (χ0) is 9.47. The van der Waals surface area contributed by atoms with Crippen molar-refractivity contribution in [1.82, 2.24) is 0 Å². The van der Waals surface area contributed by atoms with Crippen molar-refractivity contribution in [3.8, 4) is 0 Å². The molecular formula is C12H15Cl. The zero-order valence-corrected chi connectivity index (χ0v) is 8.99. The van der Waals surface area contributed by atoms with Crippen LogP contribution in [0.25, 0.3) is 0 Å². The van der Waals surface area contributed by atoms with Gasteiger partial charge in [0.05, 0.1) is 0 Å². The molecule has 0 nitrogen and oxygen atoms in total. The van der Waals surface area contributed by atoms with Gasteiger partial charge in [0.2, 0.25) is 0 Å². The zero-order valence-electron chi connectivity index (χ0n) is 8.23. The van der Waals surface area contributed by atoms with Gasteiger partial charge in [-0.25, -0.2) is 0 Å². The third-order valence-corrected chi connectivity index (χ3v) is 3.39. The van der Waals surface area contributed by atoms with E-state index in [1.54, 1.807) is 0 Å². The van der Waals surface area contributed by atoms with Crippen LogP contribution in [0.1, 0.15) is 37.0 Å². The Balaban J connectivity index is 2.50. The minimum atomic E-state index is 0.359. The molecule has 0 aromatic heterocycles. The minimum absolute atomic E-state index is 0.359. The maximum atomic E-state index is 5.82. The first-order valence-electron chi connectivity index (χ1n) is 4.82. The van der Waals surface area contributed by atoms with Gasteiger partial charge in [-0.3, -0.25) is 0 Å². The molecule has 0 atom stereocenters. The predicted octanol–water partition coefficient (Wildman–Crippen LogP) is 3.65. The van der Waals surface area contributed by atoms with E-state index < -0.39 is 0 Å². The lowest BCUT2D eigenvalue weighted by molar-refractivity contribution is 0.522. The Morgan fingerprint density at radius 3 is 2.85 bits per heavy atom. The van der Waals surface area contributed by atoms with E-state index in [1.807, 2.05) is 0 Å². The van der Waals surface area contributed by atoms with Crippen molar-refractivity contribution in [2.75, 3.05) is 0 Å². The van der Waals surface area contributed by atoms with Crippen LogP contribution in [0, 0.1) is 0 Å². The highest BCUT2D eigenvalue weighted by atomic mass is 35.5. The second-order valence-electron chi connectivity index (χ2n) is 4.51. The smallest absolute Gasteiger partial charge is 0.0474 e. The lowest BCUT2D eigenvalue weighted by Crippen LogP contribution is -2.11. The summed E-state index contributed by atoms with van der Waals surface area (Å²) in [6.45, 7) is 4.63. The summed E-state index contributed by atoms with van der Waals surface area (Å²) >= 11 is 5.82. The summed E-state index contributed by atoms with van der Waals surface area (Å²) in [6, 6.07) is 6.66. The number of hydrogen-bond donors (Lipinski definition) is 0. The van der Waals surface area contributed by atoms with Crippen molar-refractivity contribution < 1.29 is 0 Å². The van der Waals surface area contributed by atoms with Crippen LogP contribution in [-0.2, 0) is 17.7 Å². The molecule has 0 heterocycles. The quantitative estimate of drug-likeness (QED) is 0.599. The first kappa shape index (κ1) is 9.08. The van der Waals surface area contributed by atoms with E-state index in [0.29, 0.717) is 11.3 Å². The monoisotopic (exact) mass is 194 g/mol. The molecule has 0 spiro atoms. The molecule has 13 heavy (non-hydrogen) atoms. The Hall–Kier alpha value is -0.490. The standard InChI is InChI=1S/C12H15Cl/c1-12(2)6-5-10-4-3-9(8-13)7-11(10)12/h3-4,7H,5-6,8H2,1-2H3. The van der Waals surface area contributed by atoms with E-state index >= 15 is 0 Å². The van der Waals surface area contributed by atoms with E-state index in [9.17, 15) is 0 Å². The molecule has 0 unspecified atom stereocenters. The van der Waals surface area contributed by atoms with Crippen LogP contribution >= 0.6 is 11.6 Å². The first-order chi connectivity index (χ1) is 6.13. The normalized spacial score (nSPS) is 18.7. The van der Waals surface area contributed by atoms with Gasteiger partial charge < -0.3 is 0 Å². The molecule has 0 radical (unpaired) electrons. The van der Waals surface area contributed by atoms with Crippen LogP contribution in [0.15, 0.2) is 18.2 Å². The van der Waals surface area contributed by atoms with Crippen LogP contribution < -0.4 is 0 Å². The molecule has 0 N–H and O–H groups in total. The Morgan fingerprint density at radius 2 is 2.15 bits per heavy atom. The fourth-order valence-electron chi connectivity index (χ4n) is 2.14. The van der Waals surface area contributed by atoms with Gasteiger partial charge in [-0.1, -0.05) is 32.0 Å². The number of hydrogen-bond acceptors (Lipinski definition) is 0. The van der Waals surface area contributed by atoms with Crippen LogP contribution in [0.5, 0.6) is 0 Å². The highest BCUT2D eigenvalue weighted by Crippen LogP contribution is 2.38. The number of aryl methyl sites for hydroxylation is 1. The van der Waals surface area contributed by atoms with Crippen molar-refractivity contribution in [2.45, 2.75) is 38.0 Å². The topological polar surface area (TPSA) is 0 Å². The largest absolute Gasteiger partial charge is 0.122 e. The van der Waals surface area contributed by atoms with E-state index in [2.05, 4.69) is 32.0 Å². The molecule has 1 aliphatic carbocycles. The molecule has 0 fully saturated rings. The van der Waals surface area contributed by atoms with Crippen molar-refractivity contribution in [2.24, 2.45) is 0 Å². The summed E-state index contributed by atoms with van der Waals surface area (Å²) in [5, 5.41) is 0. The maximum absolute atomic E-state index is 5.82. The number of alkyl halides is 1. The SMILES string of the molecule is CC1(C)CCc2ccc(CCl)cc21. The fourth-order valence-corrected chi connectivity index (χ4v) is 2.30. The summed E-state index contributed by atoms with van der Waals surface area (Å²) in [7, 11) is 0. The minimum Gasteiger partial charge on any atom is -0.122 e. The first-order valence-corrected chi connectivity index (χ1v) is 5.35. The molecule has 1 aromatic rings. The van der Waals surface area contributed by atoms with E-state index in [1.165, 1.54) is 29.5 Å². The van der Waals surface area contributed by atoms with Crippen LogP contribution in [0.4, 0.5) is 0 Å². The van der Waals surface area contributed by atoms with Gasteiger partial charge in [-0.2, -0.15) is 0 Å².